The molecule has 0 radical (unpaired) electrons. The molecular formula is C27H34F2. The molecule has 2 heteroatoms. The van der Waals surface area contributed by atoms with E-state index in [9.17, 15) is 4.39 Å². The second-order valence-electron chi connectivity index (χ2n) is 9.36. The summed E-state index contributed by atoms with van der Waals surface area (Å²) in [6.45, 7) is 4.28. The molecule has 0 aromatic heterocycles. The Kier molecular flexibility index (Phi) is 6.37. The van der Waals surface area contributed by atoms with E-state index >= 15 is 4.39 Å². The molecule has 2 aliphatic carbocycles. The standard InChI is InChI=1S/C27H34F2/c1-3-5-6-7-23-16-22-12-13-24(27(29)25(22)17-26(23)28)21-11-10-19-14-18(4-2)8-9-20(19)15-21/h3,5,12-13,16-21H,4,6-11,14-15H2,1-2H3/b5-3+. The Balaban J connectivity index is 1.55. The fraction of sp³-hybridized carbons (Fsp3) is 0.556. The maximum atomic E-state index is 15.4. The summed E-state index contributed by atoms with van der Waals surface area (Å²) >= 11 is 0. The lowest BCUT2D eigenvalue weighted by atomic mass is 9.63. The molecule has 2 fully saturated rings. The average molecular weight is 397 g/mol. The summed E-state index contributed by atoms with van der Waals surface area (Å²) in [7, 11) is 0. The highest BCUT2D eigenvalue weighted by Gasteiger charge is 2.36. The fourth-order valence-corrected chi connectivity index (χ4v) is 5.93. The van der Waals surface area contributed by atoms with E-state index in [0.29, 0.717) is 17.4 Å². The maximum Gasteiger partial charge on any atom is 0.134 e. The third-order valence-electron chi connectivity index (χ3n) is 7.71. The molecule has 2 aromatic carbocycles. The molecule has 0 N–H and O–H groups in total. The normalized spacial score (nSPS) is 27.4. The first-order chi connectivity index (χ1) is 14.1. The molecule has 0 heterocycles. The minimum atomic E-state index is -0.278. The molecular weight excluding hydrogens is 362 g/mol. The van der Waals surface area contributed by atoms with Gasteiger partial charge in [-0.05, 0) is 104 Å². The molecule has 0 nitrogen and oxygen atoms in total. The summed E-state index contributed by atoms with van der Waals surface area (Å²) in [4.78, 5) is 0. The highest BCUT2D eigenvalue weighted by molar-refractivity contribution is 5.85. The first-order valence-corrected chi connectivity index (χ1v) is 11.6. The number of hydrogen-bond acceptors (Lipinski definition) is 0. The van der Waals surface area contributed by atoms with E-state index < -0.39 is 0 Å². The van der Waals surface area contributed by atoms with Gasteiger partial charge in [0.2, 0.25) is 0 Å². The number of fused-ring (bicyclic) bond motifs is 2. The van der Waals surface area contributed by atoms with Crippen molar-refractivity contribution in [2.24, 2.45) is 17.8 Å². The summed E-state index contributed by atoms with van der Waals surface area (Å²) < 4.78 is 30.0. The van der Waals surface area contributed by atoms with Crippen molar-refractivity contribution in [1.82, 2.24) is 0 Å². The van der Waals surface area contributed by atoms with Crippen molar-refractivity contribution in [1.29, 1.82) is 0 Å². The molecule has 0 aliphatic heterocycles. The monoisotopic (exact) mass is 396 g/mol. The van der Waals surface area contributed by atoms with Crippen LogP contribution in [0.3, 0.4) is 0 Å². The second kappa shape index (κ2) is 8.98. The predicted octanol–water partition coefficient (Wildman–Crippen LogP) is 8.34. The van der Waals surface area contributed by atoms with Crippen LogP contribution in [0.5, 0.6) is 0 Å². The van der Waals surface area contributed by atoms with Gasteiger partial charge >= 0.3 is 0 Å². The van der Waals surface area contributed by atoms with Gasteiger partial charge in [-0.15, -0.1) is 0 Å². The lowest BCUT2D eigenvalue weighted by Crippen LogP contribution is -2.30. The van der Waals surface area contributed by atoms with Crippen LogP contribution in [-0.4, -0.2) is 0 Å². The smallest absolute Gasteiger partial charge is 0.134 e. The van der Waals surface area contributed by atoms with E-state index in [-0.39, 0.29) is 17.6 Å². The van der Waals surface area contributed by atoms with E-state index in [1.807, 2.05) is 37.3 Å². The number of benzene rings is 2. The van der Waals surface area contributed by atoms with Gasteiger partial charge in [0, 0.05) is 5.39 Å². The van der Waals surface area contributed by atoms with Gasteiger partial charge in [0.15, 0.2) is 0 Å². The van der Waals surface area contributed by atoms with Crippen LogP contribution < -0.4 is 0 Å². The van der Waals surface area contributed by atoms with E-state index in [1.165, 1.54) is 38.2 Å². The minimum absolute atomic E-state index is 0.188. The van der Waals surface area contributed by atoms with Crippen LogP contribution in [0.25, 0.3) is 10.8 Å². The van der Waals surface area contributed by atoms with Crippen molar-refractivity contribution >= 4 is 10.8 Å². The van der Waals surface area contributed by atoms with Gasteiger partial charge in [-0.1, -0.05) is 44.1 Å². The van der Waals surface area contributed by atoms with Gasteiger partial charge in [-0.25, -0.2) is 8.78 Å². The summed E-state index contributed by atoms with van der Waals surface area (Å²) in [6.07, 6.45) is 14.2. The second-order valence-corrected chi connectivity index (χ2v) is 9.36. The SMILES string of the molecule is C/C=C/CCc1cc2ccc(C3CCC4CC(CC)CCC4C3)c(F)c2cc1F. The number of aryl methyl sites for hydroxylation is 1. The Morgan fingerprint density at radius 1 is 1.00 bits per heavy atom. The van der Waals surface area contributed by atoms with Crippen LogP contribution in [0.1, 0.15) is 82.3 Å². The third-order valence-corrected chi connectivity index (χ3v) is 7.71. The molecule has 0 amide bonds. The lowest BCUT2D eigenvalue weighted by Gasteiger charge is -2.42. The van der Waals surface area contributed by atoms with E-state index in [2.05, 4.69) is 6.92 Å². The van der Waals surface area contributed by atoms with Crippen LogP contribution in [0.2, 0.25) is 0 Å². The molecule has 156 valence electrons. The summed E-state index contributed by atoms with van der Waals surface area (Å²) in [5.74, 6) is 2.31. The highest BCUT2D eigenvalue weighted by atomic mass is 19.1. The van der Waals surface area contributed by atoms with Gasteiger partial charge in [0.25, 0.3) is 0 Å². The third kappa shape index (κ3) is 4.27. The van der Waals surface area contributed by atoms with Gasteiger partial charge in [-0.3, -0.25) is 0 Å². The van der Waals surface area contributed by atoms with Crippen molar-refractivity contribution in [3.05, 3.63) is 59.2 Å². The molecule has 0 bridgehead atoms. The zero-order chi connectivity index (χ0) is 20.4. The Morgan fingerprint density at radius 2 is 1.79 bits per heavy atom. The lowest BCUT2D eigenvalue weighted by molar-refractivity contribution is 0.116. The minimum Gasteiger partial charge on any atom is -0.207 e. The van der Waals surface area contributed by atoms with Crippen LogP contribution in [0.4, 0.5) is 8.78 Å². The Hall–Kier alpha value is -1.70. The zero-order valence-corrected chi connectivity index (χ0v) is 17.9. The first kappa shape index (κ1) is 20.6. The largest absolute Gasteiger partial charge is 0.207 e. The Bertz CT molecular complexity index is 882. The van der Waals surface area contributed by atoms with Crippen molar-refractivity contribution < 1.29 is 8.78 Å². The zero-order valence-electron chi connectivity index (χ0n) is 17.9. The maximum absolute atomic E-state index is 15.4. The van der Waals surface area contributed by atoms with Crippen LogP contribution in [0.15, 0.2) is 36.4 Å². The van der Waals surface area contributed by atoms with Gasteiger partial charge in [0.1, 0.15) is 11.6 Å². The molecule has 2 aromatic rings. The van der Waals surface area contributed by atoms with Crippen LogP contribution in [0, 0.1) is 29.4 Å². The van der Waals surface area contributed by atoms with E-state index in [0.717, 1.165) is 48.0 Å². The molecule has 4 atom stereocenters. The fourth-order valence-electron chi connectivity index (χ4n) is 5.93. The molecule has 0 spiro atoms. The summed E-state index contributed by atoms with van der Waals surface area (Å²) in [5.41, 5.74) is 1.49. The Labute approximate surface area is 174 Å². The van der Waals surface area contributed by atoms with Crippen LogP contribution >= 0.6 is 0 Å². The summed E-state index contributed by atoms with van der Waals surface area (Å²) in [6, 6.07) is 7.25. The molecule has 29 heavy (non-hydrogen) atoms. The number of halogens is 2. The predicted molar refractivity (Wildman–Crippen MR) is 118 cm³/mol. The molecule has 0 saturated heterocycles. The van der Waals surface area contributed by atoms with Gasteiger partial charge in [-0.2, -0.15) is 0 Å². The quantitative estimate of drug-likeness (QED) is 0.446. The highest BCUT2D eigenvalue weighted by Crippen LogP contribution is 2.48. The Morgan fingerprint density at radius 3 is 2.59 bits per heavy atom. The van der Waals surface area contributed by atoms with Crippen molar-refractivity contribution in [3.8, 4) is 0 Å². The van der Waals surface area contributed by atoms with E-state index in [4.69, 9.17) is 0 Å². The van der Waals surface area contributed by atoms with Crippen LogP contribution in [-0.2, 0) is 6.42 Å². The van der Waals surface area contributed by atoms with E-state index in [1.54, 1.807) is 0 Å². The number of rotatable bonds is 5. The molecule has 2 saturated carbocycles. The molecule has 4 unspecified atom stereocenters. The van der Waals surface area contributed by atoms with Gasteiger partial charge < -0.3 is 0 Å². The van der Waals surface area contributed by atoms with Gasteiger partial charge in [0.05, 0.1) is 0 Å². The first-order valence-electron chi connectivity index (χ1n) is 11.6. The molecule has 2 aliphatic rings. The van der Waals surface area contributed by atoms with Crippen molar-refractivity contribution in [2.45, 2.75) is 77.6 Å². The molecule has 4 rings (SSSR count). The number of allylic oxidation sites excluding steroid dienone is 2. The average Bonchev–Trinajstić information content (AvgIpc) is 2.74. The topological polar surface area (TPSA) is 0 Å². The van der Waals surface area contributed by atoms with Crippen molar-refractivity contribution in [3.63, 3.8) is 0 Å². The summed E-state index contributed by atoms with van der Waals surface area (Å²) in [5, 5.41) is 1.27. The number of hydrogen-bond donors (Lipinski definition) is 0. The van der Waals surface area contributed by atoms with Crippen molar-refractivity contribution in [2.75, 3.05) is 0 Å².